The van der Waals surface area contributed by atoms with E-state index < -0.39 is 17.9 Å². The molecule has 2 rings (SSSR count). The van der Waals surface area contributed by atoms with E-state index in [0.717, 1.165) is 4.90 Å². The SMILES string of the molecule is CC(=O)NCCN(C(=O)c1coc(-c2ccccc2)n1)C(C)C(=O)O. The van der Waals surface area contributed by atoms with Crippen LogP contribution in [-0.4, -0.2) is 51.9 Å². The third kappa shape index (κ3) is 4.66. The van der Waals surface area contributed by atoms with Gasteiger partial charge in [0.25, 0.3) is 5.91 Å². The van der Waals surface area contributed by atoms with Gasteiger partial charge >= 0.3 is 5.97 Å². The Balaban J connectivity index is 2.19. The van der Waals surface area contributed by atoms with Crippen LogP contribution in [0.25, 0.3) is 11.5 Å². The molecule has 1 aromatic heterocycles. The van der Waals surface area contributed by atoms with E-state index in [-0.39, 0.29) is 30.6 Å². The molecule has 0 saturated carbocycles. The number of aromatic nitrogens is 1. The molecule has 8 nitrogen and oxygen atoms in total. The largest absolute Gasteiger partial charge is 0.480 e. The van der Waals surface area contributed by atoms with Gasteiger partial charge in [0.2, 0.25) is 11.8 Å². The van der Waals surface area contributed by atoms with Crippen LogP contribution in [0.5, 0.6) is 0 Å². The summed E-state index contributed by atoms with van der Waals surface area (Å²) in [4.78, 5) is 40.2. The number of carbonyl (C=O) groups excluding carboxylic acids is 2. The van der Waals surface area contributed by atoms with E-state index in [9.17, 15) is 19.5 Å². The summed E-state index contributed by atoms with van der Waals surface area (Å²) >= 11 is 0. The number of nitrogens with one attached hydrogen (secondary N) is 1. The number of carboxylic acids is 1. The van der Waals surface area contributed by atoms with Crippen molar-refractivity contribution in [1.82, 2.24) is 15.2 Å². The van der Waals surface area contributed by atoms with Crippen molar-refractivity contribution in [2.75, 3.05) is 13.1 Å². The summed E-state index contributed by atoms with van der Waals surface area (Å²) in [6.07, 6.45) is 1.20. The van der Waals surface area contributed by atoms with E-state index in [1.165, 1.54) is 20.1 Å². The molecule has 1 aromatic carbocycles. The Labute approximate surface area is 144 Å². The van der Waals surface area contributed by atoms with Crippen LogP contribution >= 0.6 is 0 Å². The second-order valence-corrected chi connectivity index (χ2v) is 5.40. The zero-order valence-corrected chi connectivity index (χ0v) is 13.9. The van der Waals surface area contributed by atoms with Crippen molar-refractivity contribution in [3.63, 3.8) is 0 Å². The highest BCUT2D eigenvalue weighted by Crippen LogP contribution is 2.19. The van der Waals surface area contributed by atoms with Crippen LogP contribution < -0.4 is 5.32 Å². The average Bonchev–Trinajstić information content (AvgIpc) is 3.08. The molecule has 0 aliphatic carbocycles. The highest BCUT2D eigenvalue weighted by molar-refractivity contribution is 5.95. The van der Waals surface area contributed by atoms with Crippen molar-refractivity contribution >= 4 is 17.8 Å². The van der Waals surface area contributed by atoms with Crippen LogP contribution in [0.3, 0.4) is 0 Å². The highest BCUT2D eigenvalue weighted by Gasteiger charge is 2.28. The standard InChI is InChI=1S/C17H19N3O5/c1-11(17(23)24)20(9-8-18-12(2)21)16(22)14-10-25-15(19-14)13-6-4-3-5-7-13/h3-7,10-11H,8-9H2,1-2H3,(H,18,21)(H,23,24). The Hall–Kier alpha value is -3.16. The summed E-state index contributed by atoms with van der Waals surface area (Å²) < 4.78 is 5.33. The second kappa shape index (κ2) is 8.09. The van der Waals surface area contributed by atoms with Crippen molar-refractivity contribution in [1.29, 1.82) is 0 Å². The number of nitrogens with zero attached hydrogens (tertiary/aromatic N) is 2. The molecular weight excluding hydrogens is 326 g/mol. The van der Waals surface area contributed by atoms with Crippen molar-refractivity contribution in [3.8, 4) is 11.5 Å². The maximum atomic E-state index is 12.6. The molecule has 0 aliphatic heterocycles. The molecule has 25 heavy (non-hydrogen) atoms. The summed E-state index contributed by atoms with van der Waals surface area (Å²) in [5.74, 6) is -1.72. The Bertz CT molecular complexity index is 757. The zero-order valence-electron chi connectivity index (χ0n) is 13.9. The maximum absolute atomic E-state index is 12.6. The molecule has 2 aromatic rings. The highest BCUT2D eigenvalue weighted by atomic mass is 16.4. The number of rotatable bonds is 7. The fourth-order valence-electron chi connectivity index (χ4n) is 2.19. The van der Waals surface area contributed by atoms with Crippen LogP contribution in [0.2, 0.25) is 0 Å². The van der Waals surface area contributed by atoms with Gasteiger partial charge in [-0.1, -0.05) is 18.2 Å². The lowest BCUT2D eigenvalue weighted by Gasteiger charge is -2.25. The fourth-order valence-corrected chi connectivity index (χ4v) is 2.19. The topological polar surface area (TPSA) is 113 Å². The van der Waals surface area contributed by atoms with Gasteiger partial charge in [0, 0.05) is 25.6 Å². The lowest BCUT2D eigenvalue weighted by molar-refractivity contribution is -0.141. The lowest BCUT2D eigenvalue weighted by Crippen LogP contribution is -2.46. The Morgan fingerprint density at radius 2 is 1.96 bits per heavy atom. The monoisotopic (exact) mass is 345 g/mol. The van der Waals surface area contributed by atoms with Crippen LogP contribution in [0.15, 0.2) is 41.0 Å². The minimum Gasteiger partial charge on any atom is -0.480 e. The first-order chi connectivity index (χ1) is 11.9. The molecule has 0 bridgehead atoms. The summed E-state index contributed by atoms with van der Waals surface area (Å²) in [7, 11) is 0. The zero-order chi connectivity index (χ0) is 18.4. The van der Waals surface area contributed by atoms with E-state index in [0.29, 0.717) is 5.56 Å². The molecule has 2 amide bonds. The summed E-state index contributed by atoms with van der Waals surface area (Å²) in [5, 5.41) is 11.8. The number of hydrogen-bond donors (Lipinski definition) is 2. The van der Waals surface area contributed by atoms with Gasteiger partial charge in [0.05, 0.1) is 0 Å². The first-order valence-corrected chi connectivity index (χ1v) is 7.69. The quantitative estimate of drug-likeness (QED) is 0.784. The molecule has 0 spiro atoms. The van der Waals surface area contributed by atoms with E-state index in [1.54, 1.807) is 12.1 Å². The molecule has 0 aliphatic rings. The number of oxazole rings is 1. The van der Waals surface area contributed by atoms with Gasteiger partial charge in [-0.3, -0.25) is 9.59 Å². The summed E-state index contributed by atoms with van der Waals surface area (Å²) in [5.41, 5.74) is 0.715. The summed E-state index contributed by atoms with van der Waals surface area (Å²) in [6, 6.07) is 7.97. The second-order valence-electron chi connectivity index (χ2n) is 5.40. The van der Waals surface area contributed by atoms with E-state index >= 15 is 0 Å². The predicted octanol–water partition coefficient (Wildman–Crippen LogP) is 1.39. The first kappa shape index (κ1) is 18.2. The molecule has 0 saturated heterocycles. The van der Waals surface area contributed by atoms with E-state index in [1.807, 2.05) is 18.2 Å². The third-order valence-electron chi connectivity index (χ3n) is 3.56. The smallest absolute Gasteiger partial charge is 0.326 e. The van der Waals surface area contributed by atoms with E-state index in [4.69, 9.17) is 4.42 Å². The molecule has 1 unspecified atom stereocenters. The van der Waals surface area contributed by atoms with Gasteiger partial charge in [-0.25, -0.2) is 9.78 Å². The fraction of sp³-hybridized carbons (Fsp3) is 0.294. The Kier molecular flexibility index (Phi) is 5.89. The van der Waals surface area contributed by atoms with Gasteiger partial charge in [0.1, 0.15) is 12.3 Å². The van der Waals surface area contributed by atoms with Crippen LogP contribution in [0.1, 0.15) is 24.3 Å². The number of aliphatic carboxylic acids is 1. The molecular formula is C17H19N3O5. The molecule has 132 valence electrons. The minimum atomic E-state index is -1.15. The van der Waals surface area contributed by atoms with E-state index in [2.05, 4.69) is 10.3 Å². The average molecular weight is 345 g/mol. The van der Waals surface area contributed by atoms with Crippen molar-refractivity contribution < 1.29 is 23.9 Å². The van der Waals surface area contributed by atoms with Crippen LogP contribution in [0.4, 0.5) is 0 Å². The van der Waals surface area contributed by atoms with Gasteiger partial charge in [-0.2, -0.15) is 0 Å². The van der Waals surface area contributed by atoms with Gasteiger partial charge < -0.3 is 19.7 Å². The Morgan fingerprint density at radius 1 is 1.28 bits per heavy atom. The Morgan fingerprint density at radius 3 is 2.56 bits per heavy atom. The van der Waals surface area contributed by atoms with Crippen molar-refractivity contribution in [2.24, 2.45) is 0 Å². The van der Waals surface area contributed by atoms with Gasteiger partial charge in [0.15, 0.2) is 5.69 Å². The molecule has 0 radical (unpaired) electrons. The van der Waals surface area contributed by atoms with Crippen molar-refractivity contribution in [3.05, 3.63) is 42.3 Å². The van der Waals surface area contributed by atoms with Crippen LogP contribution in [0, 0.1) is 0 Å². The molecule has 1 atom stereocenters. The number of carboxylic acid groups (broad SMARTS) is 1. The molecule has 2 N–H and O–H groups in total. The van der Waals surface area contributed by atoms with Gasteiger partial charge in [-0.05, 0) is 19.1 Å². The number of hydrogen-bond acceptors (Lipinski definition) is 5. The molecule has 0 fully saturated rings. The van der Waals surface area contributed by atoms with Crippen LogP contribution in [-0.2, 0) is 9.59 Å². The molecule has 8 heteroatoms. The summed E-state index contributed by atoms with van der Waals surface area (Å²) in [6.45, 7) is 2.92. The first-order valence-electron chi connectivity index (χ1n) is 7.69. The minimum absolute atomic E-state index is 0.00905. The lowest BCUT2D eigenvalue weighted by atomic mass is 10.2. The van der Waals surface area contributed by atoms with Gasteiger partial charge in [-0.15, -0.1) is 0 Å². The normalized spacial score (nSPS) is 11.6. The third-order valence-corrected chi connectivity index (χ3v) is 3.56. The van der Waals surface area contributed by atoms with Crippen molar-refractivity contribution in [2.45, 2.75) is 19.9 Å². The number of carbonyl (C=O) groups is 3. The number of amides is 2. The molecule has 1 heterocycles. The maximum Gasteiger partial charge on any atom is 0.326 e. The number of benzene rings is 1. The predicted molar refractivity (Wildman–Crippen MR) is 88.8 cm³/mol.